The maximum atomic E-state index is 12.9. The van der Waals surface area contributed by atoms with Crippen molar-refractivity contribution < 1.29 is 13.2 Å². The number of alkyl halides is 3. The monoisotopic (exact) mass is 286 g/mol. The van der Waals surface area contributed by atoms with E-state index in [1.807, 2.05) is 0 Å². The van der Waals surface area contributed by atoms with Gasteiger partial charge in [0.1, 0.15) is 0 Å². The number of halogens is 3. The molecular weight excluding hydrogens is 265 g/mol. The highest BCUT2D eigenvalue weighted by Crippen LogP contribution is 2.37. The summed E-state index contributed by atoms with van der Waals surface area (Å²) in [6.07, 6.45) is 0.0511. The minimum atomic E-state index is -4.33. The zero-order valence-electron chi connectivity index (χ0n) is 11.7. The lowest BCUT2D eigenvalue weighted by molar-refractivity contribution is -0.138. The molecule has 0 spiro atoms. The quantitative estimate of drug-likeness (QED) is 0.858. The van der Waals surface area contributed by atoms with Crippen LogP contribution < -0.4 is 10.6 Å². The van der Waals surface area contributed by atoms with E-state index in [-0.39, 0.29) is 12.1 Å². The maximum Gasteiger partial charge on any atom is 0.416 e. The third kappa shape index (κ3) is 3.45. The highest BCUT2D eigenvalue weighted by Gasteiger charge is 2.34. The van der Waals surface area contributed by atoms with Crippen LogP contribution >= 0.6 is 0 Å². The predicted molar refractivity (Wildman–Crippen MR) is 74.6 cm³/mol. The van der Waals surface area contributed by atoms with Crippen LogP contribution in [0.1, 0.15) is 43.7 Å². The number of anilines is 1. The molecule has 0 radical (unpaired) electrons. The molecule has 1 aromatic rings. The van der Waals surface area contributed by atoms with E-state index in [0.717, 1.165) is 37.9 Å². The molecule has 1 aliphatic carbocycles. The maximum absolute atomic E-state index is 12.9. The first kappa shape index (κ1) is 15.2. The van der Waals surface area contributed by atoms with Crippen LogP contribution in [0.3, 0.4) is 0 Å². The molecule has 0 aliphatic heterocycles. The Bertz CT molecular complexity index is 453. The van der Waals surface area contributed by atoms with Crippen molar-refractivity contribution in [1.82, 2.24) is 0 Å². The number of hydrogen-bond donors (Lipinski definition) is 1. The molecule has 1 saturated carbocycles. The van der Waals surface area contributed by atoms with Gasteiger partial charge < -0.3 is 10.6 Å². The van der Waals surface area contributed by atoms with E-state index >= 15 is 0 Å². The number of rotatable bonds is 6. The van der Waals surface area contributed by atoms with Crippen molar-refractivity contribution in [1.29, 1.82) is 0 Å². The molecule has 1 fully saturated rings. The van der Waals surface area contributed by atoms with Crippen molar-refractivity contribution in [2.45, 2.75) is 51.4 Å². The van der Waals surface area contributed by atoms with E-state index in [1.165, 1.54) is 6.07 Å². The molecule has 0 amide bonds. The minimum Gasteiger partial charge on any atom is -0.369 e. The third-order valence-corrected chi connectivity index (χ3v) is 3.69. The summed E-state index contributed by atoms with van der Waals surface area (Å²) in [5.41, 5.74) is 5.92. The third-order valence-electron chi connectivity index (χ3n) is 3.69. The van der Waals surface area contributed by atoms with Crippen LogP contribution in [-0.2, 0) is 12.7 Å². The van der Waals surface area contributed by atoms with Gasteiger partial charge >= 0.3 is 6.18 Å². The van der Waals surface area contributed by atoms with E-state index in [1.54, 1.807) is 12.1 Å². The second-order valence-electron chi connectivity index (χ2n) is 5.32. The Labute approximate surface area is 117 Å². The SMILES string of the molecule is CCCCN(c1ccc(C(F)(F)F)c(CN)c1)C1CC1. The Morgan fingerprint density at radius 3 is 2.50 bits per heavy atom. The fourth-order valence-electron chi connectivity index (χ4n) is 2.44. The highest BCUT2D eigenvalue weighted by atomic mass is 19.4. The van der Waals surface area contributed by atoms with Crippen LogP contribution in [0.5, 0.6) is 0 Å². The predicted octanol–water partition coefficient (Wildman–Crippen LogP) is 3.93. The normalized spacial score (nSPS) is 15.4. The van der Waals surface area contributed by atoms with E-state index < -0.39 is 11.7 Å². The van der Waals surface area contributed by atoms with Gasteiger partial charge in [-0.2, -0.15) is 13.2 Å². The molecule has 5 heteroatoms. The van der Waals surface area contributed by atoms with Crippen molar-refractivity contribution in [3.8, 4) is 0 Å². The molecule has 112 valence electrons. The average Bonchev–Trinajstić information content (AvgIpc) is 3.22. The van der Waals surface area contributed by atoms with Gasteiger partial charge in [0.15, 0.2) is 0 Å². The summed E-state index contributed by atoms with van der Waals surface area (Å²) in [4.78, 5) is 2.23. The topological polar surface area (TPSA) is 29.3 Å². The molecule has 2 N–H and O–H groups in total. The molecule has 0 atom stereocenters. The number of nitrogens with zero attached hydrogens (tertiary/aromatic N) is 1. The van der Waals surface area contributed by atoms with E-state index in [4.69, 9.17) is 5.73 Å². The lowest BCUT2D eigenvalue weighted by Crippen LogP contribution is -2.27. The summed E-state index contributed by atoms with van der Waals surface area (Å²) in [6, 6.07) is 4.84. The van der Waals surface area contributed by atoms with Crippen LogP contribution in [0, 0.1) is 0 Å². The first-order chi connectivity index (χ1) is 9.47. The molecule has 0 aromatic heterocycles. The lowest BCUT2D eigenvalue weighted by atomic mass is 10.1. The number of benzene rings is 1. The number of unbranched alkanes of at least 4 members (excludes halogenated alkanes) is 1. The van der Waals surface area contributed by atoms with Gasteiger partial charge in [0.2, 0.25) is 0 Å². The summed E-state index contributed by atoms with van der Waals surface area (Å²) in [5, 5.41) is 0. The molecular formula is C15H21F3N2. The Morgan fingerprint density at radius 2 is 2.00 bits per heavy atom. The van der Waals surface area contributed by atoms with Gasteiger partial charge in [-0.25, -0.2) is 0 Å². The Morgan fingerprint density at radius 1 is 1.30 bits per heavy atom. The van der Waals surface area contributed by atoms with Gasteiger partial charge in [-0.05, 0) is 43.0 Å². The van der Waals surface area contributed by atoms with Gasteiger partial charge in [-0.3, -0.25) is 0 Å². The first-order valence-corrected chi connectivity index (χ1v) is 7.14. The van der Waals surface area contributed by atoms with Crippen LogP contribution in [-0.4, -0.2) is 12.6 Å². The average molecular weight is 286 g/mol. The van der Waals surface area contributed by atoms with Crippen molar-refractivity contribution >= 4 is 5.69 Å². The summed E-state index contributed by atoms with van der Waals surface area (Å²) >= 11 is 0. The molecule has 20 heavy (non-hydrogen) atoms. The number of nitrogens with two attached hydrogens (primary N) is 1. The van der Waals surface area contributed by atoms with Gasteiger partial charge in [0.05, 0.1) is 5.56 Å². The zero-order valence-corrected chi connectivity index (χ0v) is 11.7. The van der Waals surface area contributed by atoms with Crippen molar-refractivity contribution in [2.24, 2.45) is 5.73 Å². The van der Waals surface area contributed by atoms with Gasteiger partial charge in [0, 0.05) is 24.8 Å². The Kier molecular flexibility index (Phi) is 4.58. The van der Waals surface area contributed by atoms with E-state index in [2.05, 4.69) is 11.8 Å². The van der Waals surface area contributed by atoms with Gasteiger partial charge in [-0.1, -0.05) is 13.3 Å². The number of hydrogen-bond acceptors (Lipinski definition) is 2. The molecule has 1 aliphatic rings. The standard InChI is InChI=1S/C15H21F3N2/c1-2-3-8-20(12-4-5-12)13-6-7-14(15(16,17)18)11(9-13)10-19/h6-7,9,12H,2-5,8,10,19H2,1H3. The molecule has 2 nitrogen and oxygen atoms in total. The Balaban J connectivity index is 2.27. The highest BCUT2D eigenvalue weighted by molar-refractivity contribution is 5.53. The molecule has 2 rings (SSSR count). The van der Waals surface area contributed by atoms with E-state index in [9.17, 15) is 13.2 Å². The van der Waals surface area contributed by atoms with Crippen LogP contribution in [0.2, 0.25) is 0 Å². The fourth-order valence-corrected chi connectivity index (χ4v) is 2.44. The fraction of sp³-hybridized carbons (Fsp3) is 0.600. The zero-order chi connectivity index (χ0) is 14.8. The first-order valence-electron chi connectivity index (χ1n) is 7.14. The summed E-state index contributed by atoms with van der Waals surface area (Å²) < 4.78 is 38.6. The van der Waals surface area contributed by atoms with Crippen molar-refractivity contribution in [2.75, 3.05) is 11.4 Å². The smallest absolute Gasteiger partial charge is 0.369 e. The molecule has 1 aromatic carbocycles. The molecule has 0 bridgehead atoms. The van der Waals surface area contributed by atoms with Crippen molar-refractivity contribution in [3.05, 3.63) is 29.3 Å². The Hall–Kier alpha value is -1.23. The minimum absolute atomic E-state index is 0.0883. The van der Waals surface area contributed by atoms with Gasteiger partial charge in [-0.15, -0.1) is 0 Å². The van der Waals surface area contributed by atoms with Crippen LogP contribution in [0.15, 0.2) is 18.2 Å². The molecule has 0 unspecified atom stereocenters. The van der Waals surface area contributed by atoms with E-state index in [0.29, 0.717) is 6.04 Å². The molecule has 0 saturated heterocycles. The van der Waals surface area contributed by atoms with Crippen molar-refractivity contribution in [3.63, 3.8) is 0 Å². The lowest BCUT2D eigenvalue weighted by Gasteiger charge is -2.26. The summed E-state index contributed by atoms with van der Waals surface area (Å²) in [5.74, 6) is 0. The largest absolute Gasteiger partial charge is 0.416 e. The van der Waals surface area contributed by atoms with Crippen LogP contribution in [0.25, 0.3) is 0 Å². The summed E-state index contributed by atoms with van der Waals surface area (Å²) in [7, 11) is 0. The second kappa shape index (κ2) is 6.04. The van der Waals surface area contributed by atoms with Gasteiger partial charge in [0.25, 0.3) is 0 Å². The summed E-state index contributed by atoms with van der Waals surface area (Å²) in [6.45, 7) is 2.93. The van der Waals surface area contributed by atoms with Crippen LogP contribution in [0.4, 0.5) is 18.9 Å². The molecule has 0 heterocycles. The second-order valence-corrected chi connectivity index (χ2v) is 5.32.